The minimum Gasteiger partial charge on any atom is -0.385 e. The second-order valence-electron chi connectivity index (χ2n) is 5.29. The Morgan fingerprint density at radius 2 is 1.61 bits per heavy atom. The standard InChI is InChI=1S/C13H14F3NO/c14-13(15,16)10-5-6-17-7-11(10)12(18,8-1-2-8)9-3-4-9/h5-9,18H,1-4H2. The van der Waals surface area contributed by atoms with Crippen LogP contribution in [0.5, 0.6) is 0 Å². The van der Waals surface area contributed by atoms with Crippen molar-refractivity contribution in [1.29, 1.82) is 0 Å². The van der Waals surface area contributed by atoms with Gasteiger partial charge in [0.25, 0.3) is 0 Å². The highest BCUT2D eigenvalue weighted by atomic mass is 19.4. The third-order valence-corrected chi connectivity index (χ3v) is 3.96. The maximum Gasteiger partial charge on any atom is 0.416 e. The molecule has 98 valence electrons. The number of hydrogen-bond donors (Lipinski definition) is 1. The molecule has 0 aliphatic heterocycles. The zero-order chi connectivity index (χ0) is 13.0. The molecule has 2 nitrogen and oxygen atoms in total. The molecule has 2 fully saturated rings. The summed E-state index contributed by atoms with van der Waals surface area (Å²) in [5, 5.41) is 10.8. The number of aromatic nitrogens is 1. The summed E-state index contributed by atoms with van der Waals surface area (Å²) < 4.78 is 39.0. The van der Waals surface area contributed by atoms with Gasteiger partial charge in [0.05, 0.1) is 11.2 Å². The van der Waals surface area contributed by atoms with Gasteiger partial charge < -0.3 is 5.11 Å². The van der Waals surface area contributed by atoms with Gasteiger partial charge in [0.2, 0.25) is 0 Å². The van der Waals surface area contributed by atoms with Crippen LogP contribution in [0.4, 0.5) is 13.2 Å². The van der Waals surface area contributed by atoms with E-state index < -0.39 is 17.3 Å². The Kier molecular flexibility index (Phi) is 2.46. The van der Waals surface area contributed by atoms with Crippen LogP contribution in [0.2, 0.25) is 0 Å². The number of halogens is 3. The fourth-order valence-corrected chi connectivity index (χ4v) is 2.78. The zero-order valence-corrected chi connectivity index (χ0v) is 9.74. The molecule has 0 amide bonds. The first-order chi connectivity index (χ1) is 8.44. The first kappa shape index (κ1) is 12.0. The summed E-state index contributed by atoms with van der Waals surface area (Å²) in [6.45, 7) is 0. The second-order valence-corrected chi connectivity index (χ2v) is 5.29. The third kappa shape index (κ3) is 1.81. The van der Waals surface area contributed by atoms with Crippen molar-refractivity contribution in [3.05, 3.63) is 29.6 Å². The third-order valence-electron chi connectivity index (χ3n) is 3.96. The van der Waals surface area contributed by atoms with Crippen LogP contribution in [-0.2, 0) is 11.8 Å². The first-order valence-electron chi connectivity index (χ1n) is 6.18. The molecule has 3 rings (SSSR count). The van der Waals surface area contributed by atoms with Crippen molar-refractivity contribution in [2.24, 2.45) is 11.8 Å². The molecule has 0 atom stereocenters. The van der Waals surface area contributed by atoms with Crippen LogP contribution in [0.15, 0.2) is 18.5 Å². The largest absolute Gasteiger partial charge is 0.416 e. The maximum atomic E-state index is 13.0. The molecular weight excluding hydrogens is 243 g/mol. The first-order valence-corrected chi connectivity index (χ1v) is 6.18. The van der Waals surface area contributed by atoms with Crippen LogP contribution in [0.25, 0.3) is 0 Å². The Labute approximate surface area is 103 Å². The number of hydrogen-bond acceptors (Lipinski definition) is 2. The van der Waals surface area contributed by atoms with Crippen LogP contribution in [0.3, 0.4) is 0 Å². The van der Waals surface area contributed by atoms with Gasteiger partial charge in [-0.1, -0.05) is 0 Å². The van der Waals surface area contributed by atoms with Gasteiger partial charge in [0, 0.05) is 18.0 Å². The Hall–Kier alpha value is -1.10. The zero-order valence-electron chi connectivity index (χ0n) is 9.74. The van der Waals surface area contributed by atoms with Crippen LogP contribution in [0, 0.1) is 11.8 Å². The lowest BCUT2D eigenvalue weighted by molar-refractivity contribution is -0.142. The van der Waals surface area contributed by atoms with Crippen LogP contribution in [0.1, 0.15) is 36.8 Å². The average Bonchev–Trinajstić information content (AvgIpc) is 3.18. The van der Waals surface area contributed by atoms with Crippen molar-refractivity contribution < 1.29 is 18.3 Å². The average molecular weight is 257 g/mol. The van der Waals surface area contributed by atoms with E-state index in [2.05, 4.69) is 4.98 Å². The molecule has 0 spiro atoms. The summed E-state index contributed by atoms with van der Waals surface area (Å²) in [7, 11) is 0. The van der Waals surface area contributed by atoms with Gasteiger partial charge in [0.15, 0.2) is 0 Å². The summed E-state index contributed by atoms with van der Waals surface area (Å²) in [6.07, 6.45) is 1.11. The van der Waals surface area contributed by atoms with Gasteiger partial charge in [0.1, 0.15) is 0 Å². The predicted molar refractivity (Wildman–Crippen MR) is 58.6 cm³/mol. The lowest BCUT2D eigenvalue weighted by Gasteiger charge is -2.31. The molecule has 1 heterocycles. The lowest BCUT2D eigenvalue weighted by atomic mass is 9.82. The van der Waals surface area contributed by atoms with Crippen molar-refractivity contribution >= 4 is 0 Å². The number of alkyl halides is 3. The Morgan fingerprint density at radius 3 is 2.06 bits per heavy atom. The summed E-state index contributed by atoms with van der Waals surface area (Å²) in [4.78, 5) is 3.79. The predicted octanol–water partition coefficient (Wildman–Crippen LogP) is 3.11. The molecule has 0 aromatic carbocycles. The highest BCUT2D eigenvalue weighted by molar-refractivity contribution is 5.35. The normalized spacial score (nSPS) is 21.1. The van der Waals surface area contributed by atoms with E-state index >= 15 is 0 Å². The number of nitrogens with zero attached hydrogens (tertiary/aromatic N) is 1. The lowest BCUT2D eigenvalue weighted by Crippen LogP contribution is -2.34. The highest BCUT2D eigenvalue weighted by Gasteiger charge is 2.56. The second kappa shape index (κ2) is 3.70. The highest BCUT2D eigenvalue weighted by Crippen LogP contribution is 2.58. The molecule has 0 unspecified atom stereocenters. The van der Waals surface area contributed by atoms with Gasteiger partial charge in [-0.3, -0.25) is 4.98 Å². The van der Waals surface area contributed by atoms with Crippen LogP contribution >= 0.6 is 0 Å². The SMILES string of the molecule is OC(c1cnccc1C(F)(F)F)(C1CC1)C1CC1. The Balaban J connectivity index is 2.10. The van der Waals surface area contributed by atoms with Crippen LogP contribution < -0.4 is 0 Å². The molecule has 5 heteroatoms. The molecule has 1 aromatic heterocycles. The van der Waals surface area contributed by atoms with E-state index in [4.69, 9.17) is 0 Å². The summed E-state index contributed by atoms with van der Waals surface area (Å²) >= 11 is 0. The van der Waals surface area contributed by atoms with E-state index in [-0.39, 0.29) is 17.4 Å². The molecule has 2 aliphatic carbocycles. The van der Waals surface area contributed by atoms with E-state index in [1.807, 2.05) is 0 Å². The minimum atomic E-state index is -4.43. The number of rotatable bonds is 3. The van der Waals surface area contributed by atoms with Gasteiger partial charge >= 0.3 is 6.18 Å². The Bertz CT molecular complexity index is 452. The van der Waals surface area contributed by atoms with Gasteiger partial charge in [-0.25, -0.2) is 0 Å². The van der Waals surface area contributed by atoms with Crippen molar-refractivity contribution in [3.63, 3.8) is 0 Å². The smallest absolute Gasteiger partial charge is 0.385 e. The van der Waals surface area contributed by atoms with Crippen molar-refractivity contribution in [3.8, 4) is 0 Å². The molecular formula is C13H14F3NO. The van der Waals surface area contributed by atoms with Crippen molar-refractivity contribution in [1.82, 2.24) is 4.98 Å². The minimum absolute atomic E-state index is 0.0255. The van der Waals surface area contributed by atoms with Crippen LogP contribution in [-0.4, -0.2) is 10.1 Å². The number of aliphatic hydroxyl groups is 1. The van der Waals surface area contributed by atoms with E-state index in [0.717, 1.165) is 37.9 Å². The van der Waals surface area contributed by atoms with E-state index in [9.17, 15) is 18.3 Å². The molecule has 0 bridgehead atoms. The van der Waals surface area contributed by atoms with E-state index in [1.54, 1.807) is 0 Å². The number of pyridine rings is 1. The molecule has 18 heavy (non-hydrogen) atoms. The fourth-order valence-electron chi connectivity index (χ4n) is 2.78. The van der Waals surface area contributed by atoms with Gasteiger partial charge in [-0.05, 0) is 43.6 Å². The Morgan fingerprint density at radius 1 is 1.06 bits per heavy atom. The molecule has 0 saturated heterocycles. The molecule has 2 saturated carbocycles. The van der Waals surface area contributed by atoms with E-state index in [0.29, 0.717) is 0 Å². The van der Waals surface area contributed by atoms with Crippen molar-refractivity contribution in [2.75, 3.05) is 0 Å². The molecule has 1 N–H and O–H groups in total. The fraction of sp³-hybridized carbons (Fsp3) is 0.615. The van der Waals surface area contributed by atoms with Gasteiger partial charge in [-0.15, -0.1) is 0 Å². The summed E-state index contributed by atoms with van der Waals surface area (Å²) in [6, 6.07) is 0.963. The summed E-state index contributed by atoms with van der Waals surface area (Å²) in [5.41, 5.74) is -2.08. The summed E-state index contributed by atoms with van der Waals surface area (Å²) in [5.74, 6) is -0.0643. The topological polar surface area (TPSA) is 33.1 Å². The van der Waals surface area contributed by atoms with E-state index in [1.165, 1.54) is 6.20 Å². The molecule has 2 aliphatic rings. The monoisotopic (exact) mass is 257 g/mol. The van der Waals surface area contributed by atoms with Gasteiger partial charge in [-0.2, -0.15) is 13.2 Å². The molecule has 1 aromatic rings. The quantitative estimate of drug-likeness (QED) is 0.902. The molecule has 0 radical (unpaired) electrons. The maximum absolute atomic E-state index is 13.0. The van der Waals surface area contributed by atoms with Crippen molar-refractivity contribution in [2.45, 2.75) is 37.5 Å².